The van der Waals surface area contributed by atoms with Gasteiger partial charge >= 0.3 is 23.9 Å². The van der Waals surface area contributed by atoms with Crippen molar-refractivity contribution in [3.63, 3.8) is 0 Å². The molecule has 0 radical (unpaired) electrons. The maximum absolute atomic E-state index is 11.9. The number of nitrogens with zero attached hydrogens (tertiary/aromatic N) is 2. The molecule has 12 heteroatoms. The highest BCUT2D eigenvalue weighted by atomic mass is 32.1. The van der Waals surface area contributed by atoms with Crippen LogP contribution < -0.4 is 9.80 Å². The van der Waals surface area contributed by atoms with Crippen LogP contribution in [0.25, 0.3) is 0 Å². The highest BCUT2D eigenvalue weighted by Crippen LogP contribution is 2.44. The molecule has 0 fully saturated rings. The maximum Gasteiger partial charge on any atom is 0.317 e. The molecule has 0 N–H and O–H groups in total. The third kappa shape index (κ3) is 6.12. The predicted molar refractivity (Wildman–Crippen MR) is 128 cm³/mol. The van der Waals surface area contributed by atoms with Crippen LogP contribution in [0.1, 0.15) is 46.2 Å². The van der Waals surface area contributed by atoms with Crippen LogP contribution in [0, 0.1) is 0 Å². The van der Waals surface area contributed by atoms with Crippen molar-refractivity contribution in [2.75, 3.05) is 29.7 Å². The van der Waals surface area contributed by atoms with Crippen molar-refractivity contribution >= 4 is 57.9 Å². The van der Waals surface area contributed by atoms with E-state index < -0.39 is 23.9 Å². The Labute approximate surface area is 210 Å². The van der Waals surface area contributed by atoms with Gasteiger partial charge in [-0.05, 0) is 26.0 Å². The zero-order valence-corrected chi connectivity index (χ0v) is 21.1. The molecule has 35 heavy (non-hydrogen) atoms. The van der Waals surface area contributed by atoms with Gasteiger partial charge in [0, 0.05) is 19.5 Å². The third-order valence-corrected chi connectivity index (χ3v) is 7.47. The normalized spacial score (nSPS) is 13.5. The van der Waals surface area contributed by atoms with Gasteiger partial charge < -0.3 is 28.7 Å². The molecular formula is C23H26N2O8S2. The van der Waals surface area contributed by atoms with Crippen molar-refractivity contribution in [2.24, 2.45) is 0 Å². The molecule has 4 heterocycles. The van der Waals surface area contributed by atoms with Crippen LogP contribution in [-0.4, -0.2) is 43.8 Å². The number of esters is 4. The highest BCUT2D eigenvalue weighted by Gasteiger charge is 2.32. The average molecular weight is 523 g/mol. The lowest BCUT2D eigenvalue weighted by Crippen LogP contribution is -2.44. The minimum absolute atomic E-state index is 0.118. The Morgan fingerprint density at radius 3 is 1.51 bits per heavy atom. The second kappa shape index (κ2) is 11.1. The summed E-state index contributed by atoms with van der Waals surface area (Å²) in [4.78, 5) is 55.3. The number of anilines is 2. The number of hydrogen-bond donors (Lipinski definition) is 0. The zero-order valence-electron chi connectivity index (χ0n) is 19.5. The van der Waals surface area contributed by atoms with Crippen LogP contribution in [0.15, 0.2) is 12.1 Å². The van der Waals surface area contributed by atoms with Crippen LogP contribution in [0.3, 0.4) is 0 Å². The minimum atomic E-state index is -0.602. The Kier molecular flexibility index (Phi) is 7.91. The van der Waals surface area contributed by atoms with Crippen molar-refractivity contribution < 1.29 is 38.1 Å². The fourth-order valence-electron chi connectivity index (χ4n) is 3.89. The molecule has 2 bridgehead atoms. The molecule has 2 aliphatic rings. The van der Waals surface area contributed by atoms with E-state index in [9.17, 15) is 19.2 Å². The molecule has 0 spiro atoms. The number of ether oxygens (including phenoxy) is 4. The topological polar surface area (TPSA) is 112 Å². The summed E-state index contributed by atoms with van der Waals surface area (Å²) < 4.78 is 20.0. The molecule has 0 atom stereocenters. The fourth-order valence-corrected chi connectivity index (χ4v) is 6.13. The van der Waals surface area contributed by atoms with Crippen LogP contribution >= 0.6 is 22.7 Å². The number of rotatable bonds is 10. The molecule has 4 rings (SSSR count). The molecule has 0 aromatic carbocycles. The van der Waals surface area contributed by atoms with Gasteiger partial charge in [-0.25, -0.2) is 0 Å². The van der Waals surface area contributed by atoms with Gasteiger partial charge in [0.15, 0.2) is 0 Å². The summed E-state index contributed by atoms with van der Waals surface area (Å²) in [5.74, 6) is -2.38. The first-order valence-electron chi connectivity index (χ1n) is 11.2. The van der Waals surface area contributed by atoms with Crippen LogP contribution in [0.5, 0.6) is 0 Å². The molecule has 0 unspecified atom stereocenters. The Bertz CT molecular complexity index is 1040. The summed E-state index contributed by atoms with van der Waals surface area (Å²) in [5, 5.41) is 0. The van der Waals surface area contributed by atoms with E-state index in [1.54, 1.807) is 36.5 Å². The number of fused-ring (bicyclic) bond motifs is 6. The number of carbonyl (C=O) groups is 4. The first-order chi connectivity index (χ1) is 16.9. The van der Waals surface area contributed by atoms with Crippen LogP contribution in [0.4, 0.5) is 11.4 Å². The summed E-state index contributed by atoms with van der Waals surface area (Å²) >= 11 is 3.16. The molecule has 0 aliphatic carbocycles. The molecule has 2 aromatic heterocycles. The van der Waals surface area contributed by atoms with Gasteiger partial charge in [-0.1, -0.05) is 0 Å². The van der Waals surface area contributed by atoms with Crippen LogP contribution in [-0.2, 0) is 64.4 Å². The van der Waals surface area contributed by atoms with E-state index in [0.29, 0.717) is 0 Å². The lowest BCUT2D eigenvalue weighted by Gasteiger charge is -2.42. The number of hydrogen-bond acceptors (Lipinski definition) is 12. The van der Waals surface area contributed by atoms with Gasteiger partial charge in [0.1, 0.15) is 26.1 Å². The van der Waals surface area contributed by atoms with Crippen molar-refractivity contribution in [1.82, 2.24) is 0 Å². The Hall–Kier alpha value is -3.12. The summed E-state index contributed by atoms with van der Waals surface area (Å²) in [5.41, 5.74) is 2.23. The number of thiophene rings is 2. The predicted octanol–water partition coefficient (Wildman–Crippen LogP) is 3.10. The quantitative estimate of drug-likeness (QED) is 0.262. The van der Waals surface area contributed by atoms with Gasteiger partial charge in [-0.15, -0.1) is 22.7 Å². The second-order valence-corrected chi connectivity index (χ2v) is 10.3. The van der Waals surface area contributed by atoms with E-state index in [1.165, 1.54) is 9.75 Å². The third-order valence-electron chi connectivity index (χ3n) is 5.31. The largest absolute Gasteiger partial charge is 0.466 e. The molecule has 0 saturated heterocycles. The summed E-state index contributed by atoms with van der Waals surface area (Å²) in [6, 6.07) is 4.07. The molecule has 2 aliphatic heterocycles. The average Bonchev–Trinajstić information content (AvgIpc) is 3.41. The summed E-state index contributed by atoms with van der Waals surface area (Å²) in [7, 11) is 0. The monoisotopic (exact) mass is 522 g/mol. The second-order valence-electron chi connectivity index (χ2n) is 7.86. The summed E-state index contributed by atoms with van der Waals surface area (Å²) in [6.45, 7) is 6.23. The van der Waals surface area contributed by atoms with E-state index in [2.05, 4.69) is 9.80 Å². The van der Waals surface area contributed by atoms with E-state index in [1.807, 2.05) is 12.1 Å². The molecule has 2 aromatic rings. The van der Waals surface area contributed by atoms with Gasteiger partial charge in [0.25, 0.3) is 0 Å². The lowest BCUT2D eigenvalue weighted by atomic mass is 10.1. The maximum atomic E-state index is 11.9. The van der Waals surface area contributed by atoms with Gasteiger partial charge in [-0.2, -0.15) is 0 Å². The summed E-state index contributed by atoms with van der Waals surface area (Å²) in [6.07, 6.45) is -0.779. The Morgan fingerprint density at radius 1 is 0.714 bits per heavy atom. The minimum Gasteiger partial charge on any atom is -0.466 e. The van der Waals surface area contributed by atoms with Crippen LogP contribution in [0.2, 0.25) is 0 Å². The highest BCUT2D eigenvalue weighted by molar-refractivity contribution is 7.13. The molecule has 0 amide bonds. The van der Waals surface area contributed by atoms with Crippen molar-refractivity contribution in [2.45, 2.75) is 53.0 Å². The fraction of sp³-hybridized carbons (Fsp3) is 0.478. The molecule has 0 saturated carbocycles. The zero-order chi connectivity index (χ0) is 24.9. The SMILES string of the molecule is CCOC(=O)CC(=O)OCc1cc2c(s1)CN1CN2Cc2sc(COC(=O)CC(=O)OCC)cc21. The van der Waals surface area contributed by atoms with Gasteiger partial charge in [0.2, 0.25) is 0 Å². The Balaban J connectivity index is 1.33. The van der Waals surface area contributed by atoms with E-state index in [0.717, 1.165) is 40.9 Å². The smallest absolute Gasteiger partial charge is 0.317 e. The first-order valence-corrected chi connectivity index (χ1v) is 12.8. The molecule has 10 nitrogen and oxygen atoms in total. The lowest BCUT2D eigenvalue weighted by molar-refractivity contribution is -0.156. The Morgan fingerprint density at radius 2 is 1.11 bits per heavy atom. The van der Waals surface area contributed by atoms with Crippen molar-refractivity contribution in [3.05, 3.63) is 31.6 Å². The molecule has 188 valence electrons. The number of carbonyl (C=O) groups excluding carboxylic acids is 4. The standard InChI is InChI=1S/C23H26N2O8S2/c1-3-30-20(26)7-22(28)32-11-14-5-16-18(34-14)9-25-13-24(16)10-19-17(25)6-15(35-19)12-33-23(29)8-21(27)31-4-2/h5-6H,3-4,7-13H2,1-2H3. The van der Waals surface area contributed by atoms with E-state index in [-0.39, 0.29) is 39.3 Å². The van der Waals surface area contributed by atoms with Gasteiger partial charge in [0.05, 0.1) is 44.3 Å². The van der Waals surface area contributed by atoms with E-state index in [4.69, 9.17) is 18.9 Å². The van der Waals surface area contributed by atoms with Crippen molar-refractivity contribution in [1.29, 1.82) is 0 Å². The molecular weight excluding hydrogens is 496 g/mol. The first kappa shape index (κ1) is 25.0. The van der Waals surface area contributed by atoms with E-state index >= 15 is 0 Å². The van der Waals surface area contributed by atoms with Gasteiger partial charge in [-0.3, -0.25) is 19.2 Å². The van der Waals surface area contributed by atoms with Crippen molar-refractivity contribution in [3.8, 4) is 0 Å².